The minimum Gasteiger partial charge on any atom is -0.492 e. The van der Waals surface area contributed by atoms with Gasteiger partial charge in [-0.05, 0) is 36.6 Å². The summed E-state index contributed by atoms with van der Waals surface area (Å²) < 4.78 is 6.08. The van der Waals surface area contributed by atoms with Gasteiger partial charge in [-0.25, -0.2) is 0 Å². The number of aryl methyl sites for hydroxylation is 2. The molecule has 0 radical (unpaired) electrons. The number of aromatic nitrogens is 1. The molecule has 0 bridgehead atoms. The quantitative estimate of drug-likeness (QED) is 0.901. The molecule has 24 heavy (non-hydrogen) atoms. The lowest BCUT2D eigenvalue weighted by molar-refractivity contribution is 0.133. The number of hydrogen-bond donors (Lipinski definition) is 1. The average molecular weight is 348 g/mol. The second-order valence-electron chi connectivity index (χ2n) is 6.11. The van der Waals surface area contributed by atoms with Crippen LogP contribution in [0.25, 0.3) is 0 Å². The highest BCUT2D eigenvalue weighted by Gasteiger charge is 2.23. The smallest absolute Gasteiger partial charge is 0.125 e. The van der Waals surface area contributed by atoms with Crippen LogP contribution in [-0.2, 0) is 0 Å². The molecule has 0 amide bonds. The normalized spacial score (nSPS) is 18.0. The molecule has 0 spiro atoms. The second-order valence-corrected chi connectivity index (χ2v) is 6.11. The Morgan fingerprint density at radius 3 is 2.71 bits per heavy atom. The number of piperazine rings is 1. The molecule has 1 fully saturated rings. The first-order chi connectivity index (χ1) is 11.3. The van der Waals surface area contributed by atoms with Crippen molar-refractivity contribution in [1.82, 2.24) is 15.2 Å². The fourth-order valence-corrected chi connectivity index (χ4v) is 3.21. The topological polar surface area (TPSA) is 37.4 Å². The van der Waals surface area contributed by atoms with Gasteiger partial charge in [0, 0.05) is 44.6 Å². The van der Waals surface area contributed by atoms with Crippen molar-refractivity contribution in [2.24, 2.45) is 0 Å². The first-order valence-corrected chi connectivity index (χ1v) is 8.29. The Bertz CT molecular complexity index is 616. The standard InChI is InChI=1S/C19H25N3O.ClH/c1-15-5-3-6-16(2)19(15)23-12-11-22-10-9-21-14-18(22)17-7-4-8-20-13-17;/h3-8,13,18,21H,9-12,14H2,1-2H3;1H. The number of para-hydroxylation sites is 1. The van der Waals surface area contributed by atoms with Crippen molar-refractivity contribution in [2.75, 3.05) is 32.8 Å². The molecule has 130 valence electrons. The van der Waals surface area contributed by atoms with Crippen LogP contribution in [0.1, 0.15) is 22.7 Å². The van der Waals surface area contributed by atoms with Gasteiger partial charge in [-0.15, -0.1) is 12.4 Å². The maximum absolute atomic E-state index is 6.08. The maximum atomic E-state index is 6.08. The summed E-state index contributed by atoms with van der Waals surface area (Å²) in [6.07, 6.45) is 3.80. The van der Waals surface area contributed by atoms with E-state index in [1.807, 2.05) is 18.5 Å². The van der Waals surface area contributed by atoms with E-state index in [4.69, 9.17) is 4.74 Å². The van der Waals surface area contributed by atoms with Crippen molar-refractivity contribution >= 4 is 12.4 Å². The highest BCUT2D eigenvalue weighted by molar-refractivity contribution is 5.85. The lowest BCUT2D eigenvalue weighted by Crippen LogP contribution is -2.47. The number of pyridine rings is 1. The van der Waals surface area contributed by atoms with Crippen LogP contribution in [0.2, 0.25) is 0 Å². The van der Waals surface area contributed by atoms with E-state index in [2.05, 4.69) is 53.3 Å². The summed E-state index contributed by atoms with van der Waals surface area (Å²) in [5.41, 5.74) is 3.68. The zero-order chi connectivity index (χ0) is 16.1. The fraction of sp³-hybridized carbons (Fsp3) is 0.421. The van der Waals surface area contributed by atoms with E-state index in [1.165, 1.54) is 16.7 Å². The summed E-state index contributed by atoms with van der Waals surface area (Å²) >= 11 is 0. The average Bonchev–Trinajstić information content (AvgIpc) is 2.59. The Hall–Kier alpha value is -1.62. The van der Waals surface area contributed by atoms with E-state index in [0.29, 0.717) is 12.6 Å². The Balaban J connectivity index is 0.00000208. The predicted octanol–water partition coefficient (Wildman–Crippen LogP) is 3.15. The Morgan fingerprint density at radius 1 is 1.21 bits per heavy atom. The number of halogens is 1. The van der Waals surface area contributed by atoms with Crippen LogP contribution in [0.5, 0.6) is 5.75 Å². The third kappa shape index (κ3) is 4.47. The van der Waals surface area contributed by atoms with Gasteiger partial charge in [-0.3, -0.25) is 9.88 Å². The lowest BCUT2D eigenvalue weighted by atomic mass is 10.1. The Morgan fingerprint density at radius 2 is 2.00 bits per heavy atom. The number of ether oxygens (including phenoxy) is 1. The van der Waals surface area contributed by atoms with Crippen LogP contribution in [0.15, 0.2) is 42.7 Å². The SMILES string of the molecule is Cc1cccc(C)c1OCCN1CCNCC1c1cccnc1.Cl. The molecule has 1 saturated heterocycles. The van der Waals surface area contributed by atoms with E-state index in [-0.39, 0.29) is 12.4 Å². The molecule has 1 unspecified atom stereocenters. The van der Waals surface area contributed by atoms with Gasteiger partial charge < -0.3 is 10.1 Å². The molecule has 1 aromatic heterocycles. The minimum absolute atomic E-state index is 0. The zero-order valence-corrected chi connectivity index (χ0v) is 15.2. The van der Waals surface area contributed by atoms with Crippen molar-refractivity contribution in [3.8, 4) is 5.75 Å². The van der Waals surface area contributed by atoms with E-state index < -0.39 is 0 Å². The molecule has 2 heterocycles. The summed E-state index contributed by atoms with van der Waals surface area (Å²) in [7, 11) is 0. The summed E-state index contributed by atoms with van der Waals surface area (Å²) in [5.74, 6) is 1.03. The molecule has 1 aromatic carbocycles. The molecule has 1 atom stereocenters. The monoisotopic (exact) mass is 347 g/mol. The van der Waals surface area contributed by atoms with Crippen LogP contribution in [0.4, 0.5) is 0 Å². The van der Waals surface area contributed by atoms with E-state index in [0.717, 1.165) is 31.9 Å². The summed E-state index contributed by atoms with van der Waals surface area (Å²) in [4.78, 5) is 6.75. The lowest BCUT2D eigenvalue weighted by Gasteiger charge is -2.36. The first-order valence-electron chi connectivity index (χ1n) is 8.29. The zero-order valence-electron chi connectivity index (χ0n) is 14.4. The van der Waals surface area contributed by atoms with Gasteiger partial charge in [-0.2, -0.15) is 0 Å². The second kappa shape index (κ2) is 9.02. The van der Waals surface area contributed by atoms with Crippen LogP contribution in [0, 0.1) is 13.8 Å². The van der Waals surface area contributed by atoms with Crippen LogP contribution >= 0.6 is 12.4 Å². The minimum atomic E-state index is 0. The molecule has 0 saturated carbocycles. The van der Waals surface area contributed by atoms with Gasteiger partial charge in [0.1, 0.15) is 12.4 Å². The van der Waals surface area contributed by atoms with Crippen molar-refractivity contribution < 1.29 is 4.74 Å². The summed E-state index contributed by atoms with van der Waals surface area (Å²) in [6, 6.07) is 10.8. The third-order valence-electron chi connectivity index (χ3n) is 4.46. The molecule has 0 aliphatic carbocycles. The molecular weight excluding hydrogens is 322 g/mol. The van der Waals surface area contributed by atoms with Gasteiger partial charge in [0.2, 0.25) is 0 Å². The maximum Gasteiger partial charge on any atom is 0.125 e. The summed E-state index contributed by atoms with van der Waals surface area (Å²) in [6.45, 7) is 8.87. The molecule has 3 rings (SSSR count). The highest BCUT2D eigenvalue weighted by Crippen LogP contribution is 2.24. The molecule has 5 heteroatoms. The summed E-state index contributed by atoms with van der Waals surface area (Å²) in [5, 5.41) is 3.48. The van der Waals surface area contributed by atoms with Crippen LogP contribution in [0.3, 0.4) is 0 Å². The first kappa shape index (κ1) is 18.7. The third-order valence-corrected chi connectivity index (χ3v) is 4.46. The number of hydrogen-bond acceptors (Lipinski definition) is 4. The number of rotatable bonds is 5. The van der Waals surface area contributed by atoms with Crippen molar-refractivity contribution in [3.05, 3.63) is 59.4 Å². The fourth-order valence-electron chi connectivity index (χ4n) is 3.21. The number of benzene rings is 1. The molecule has 1 aliphatic rings. The largest absolute Gasteiger partial charge is 0.492 e. The molecule has 4 nitrogen and oxygen atoms in total. The predicted molar refractivity (Wildman–Crippen MR) is 100 cm³/mol. The molecule has 1 N–H and O–H groups in total. The highest BCUT2D eigenvalue weighted by atomic mass is 35.5. The van der Waals surface area contributed by atoms with Crippen LogP contribution < -0.4 is 10.1 Å². The van der Waals surface area contributed by atoms with Crippen molar-refractivity contribution in [1.29, 1.82) is 0 Å². The van der Waals surface area contributed by atoms with Gasteiger partial charge in [0.25, 0.3) is 0 Å². The van der Waals surface area contributed by atoms with Crippen molar-refractivity contribution in [3.63, 3.8) is 0 Å². The van der Waals surface area contributed by atoms with E-state index >= 15 is 0 Å². The number of nitrogens with zero attached hydrogens (tertiary/aromatic N) is 2. The van der Waals surface area contributed by atoms with E-state index in [1.54, 1.807) is 0 Å². The van der Waals surface area contributed by atoms with Gasteiger partial charge in [0.15, 0.2) is 0 Å². The molecule has 2 aromatic rings. The van der Waals surface area contributed by atoms with Gasteiger partial charge in [0.05, 0.1) is 0 Å². The Labute approximate surface area is 150 Å². The van der Waals surface area contributed by atoms with Crippen molar-refractivity contribution in [2.45, 2.75) is 19.9 Å². The number of nitrogens with one attached hydrogen (secondary N) is 1. The van der Waals surface area contributed by atoms with Gasteiger partial charge >= 0.3 is 0 Å². The van der Waals surface area contributed by atoms with E-state index in [9.17, 15) is 0 Å². The molecule has 1 aliphatic heterocycles. The van der Waals surface area contributed by atoms with Gasteiger partial charge in [-0.1, -0.05) is 24.3 Å². The Kier molecular flexibility index (Phi) is 7.03. The van der Waals surface area contributed by atoms with Crippen LogP contribution in [-0.4, -0.2) is 42.7 Å². The molecular formula is C19H26ClN3O.